The van der Waals surface area contributed by atoms with E-state index in [1.54, 1.807) is 13.8 Å². The lowest BCUT2D eigenvalue weighted by Gasteiger charge is -2.43. The molecule has 21 heteroatoms. The van der Waals surface area contributed by atoms with Crippen LogP contribution in [0.15, 0.2) is 42.7 Å². The van der Waals surface area contributed by atoms with E-state index in [9.17, 15) is 37.8 Å². The average Bonchev–Trinajstić information content (AvgIpc) is 3.74. The maximum atomic E-state index is 14.5. The maximum Gasteiger partial charge on any atom is 0.333 e. The summed E-state index contributed by atoms with van der Waals surface area (Å²) in [6.45, 7) is 23.2. The molecule has 5 heterocycles. The van der Waals surface area contributed by atoms with Gasteiger partial charge in [-0.05, 0) is 63.0 Å². The van der Waals surface area contributed by atoms with Crippen LogP contribution in [0, 0.1) is 13.8 Å². The molecule has 0 bridgehead atoms. The maximum absolute atomic E-state index is 14.5. The van der Waals surface area contributed by atoms with Gasteiger partial charge < -0.3 is 34.3 Å². The van der Waals surface area contributed by atoms with Gasteiger partial charge in [-0.25, -0.2) is 13.8 Å². The molecule has 3 aliphatic heterocycles. The van der Waals surface area contributed by atoms with Crippen LogP contribution < -0.4 is 28.2 Å². The molecule has 0 radical (unpaired) electrons. The fourth-order valence-corrected chi connectivity index (χ4v) is 11.0. The van der Waals surface area contributed by atoms with E-state index in [-0.39, 0.29) is 47.5 Å². The predicted molar refractivity (Wildman–Crippen MR) is 234 cm³/mol. The standard InChI is InChI=1S/C40H67N5O13SSi2/c1-25-20-44(31-19-27(47)28(22-46)55-31)36(50)42(33(25)48)17-15-13-14-16-18-43-34(49)26(2)21-45(37(43)51)35-32(57-61(11,12)39(6,7)8)40(29(41)24-59(52,53)58-40)30(56-35)23-54-60(9,10)38(3,4)5/h20-21,24,27-28,30-32,35,46-47H,13-19,22-23,41H2,1-12H3/t27-,28+,30+,31+,32-,35+,40+/m0/s1. The number of nitrogens with zero attached hydrogens (tertiary/aromatic N) is 4. The number of rotatable bonds is 15. The largest absolute Gasteiger partial charge is 0.414 e. The molecule has 1 spiro atoms. The van der Waals surface area contributed by atoms with Gasteiger partial charge in [-0.3, -0.25) is 27.9 Å². The van der Waals surface area contributed by atoms with Crippen molar-refractivity contribution in [1.29, 1.82) is 0 Å². The second kappa shape index (κ2) is 17.5. The molecule has 3 aliphatic rings. The zero-order chi connectivity index (χ0) is 45.8. The fourth-order valence-electron chi connectivity index (χ4n) is 7.46. The zero-order valence-corrected chi connectivity index (χ0v) is 40.5. The number of ether oxygens (including phenoxy) is 2. The molecule has 344 valence electrons. The van der Waals surface area contributed by atoms with Gasteiger partial charge in [0.1, 0.15) is 24.5 Å². The monoisotopic (exact) mass is 913 g/mol. The first-order valence-electron chi connectivity index (χ1n) is 21.0. The highest BCUT2D eigenvalue weighted by Crippen LogP contribution is 2.52. The van der Waals surface area contributed by atoms with Crippen molar-refractivity contribution in [3.8, 4) is 0 Å². The van der Waals surface area contributed by atoms with Crippen molar-refractivity contribution in [3.05, 3.63) is 76.3 Å². The Labute approximate surface area is 359 Å². The Morgan fingerprint density at radius 2 is 1.34 bits per heavy atom. The molecule has 0 aliphatic carbocycles. The summed E-state index contributed by atoms with van der Waals surface area (Å²) in [6.07, 6.45) is -1.40. The lowest BCUT2D eigenvalue weighted by atomic mass is 9.89. The number of aromatic nitrogens is 4. The summed E-state index contributed by atoms with van der Waals surface area (Å²) in [7, 11) is -9.54. The lowest BCUT2D eigenvalue weighted by molar-refractivity contribution is -0.0567. The first kappa shape index (κ1) is 49.0. The van der Waals surface area contributed by atoms with Gasteiger partial charge in [0.05, 0.1) is 30.4 Å². The first-order valence-corrected chi connectivity index (χ1v) is 28.3. The van der Waals surface area contributed by atoms with Crippen LogP contribution in [0.25, 0.3) is 0 Å². The Morgan fingerprint density at radius 1 is 0.836 bits per heavy atom. The third-order valence-corrected chi connectivity index (χ3v) is 23.3. The van der Waals surface area contributed by atoms with E-state index in [4.69, 9.17) is 28.2 Å². The van der Waals surface area contributed by atoms with E-state index in [0.717, 1.165) is 14.5 Å². The number of aryl methyl sites for hydroxylation is 2. The third kappa shape index (κ3) is 9.60. The number of aliphatic hydroxyl groups excluding tert-OH is 2. The molecule has 2 fully saturated rings. The molecular weight excluding hydrogens is 847 g/mol. The Hall–Kier alpha value is -3.00. The second-order valence-corrected chi connectivity index (χ2v) is 30.7. The molecule has 5 rings (SSSR count). The van der Waals surface area contributed by atoms with Gasteiger partial charge in [-0.1, -0.05) is 54.4 Å². The van der Waals surface area contributed by atoms with Gasteiger partial charge in [0.25, 0.3) is 21.2 Å². The lowest BCUT2D eigenvalue weighted by Crippen LogP contribution is -2.59. The molecule has 61 heavy (non-hydrogen) atoms. The normalized spacial score (nSPS) is 27.0. The molecule has 0 saturated carbocycles. The van der Waals surface area contributed by atoms with Gasteiger partial charge in [0, 0.05) is 43.0 Å². The van der Waals surface area contributed by atoms with Crippen LogP contribution in [-0.2, 0) is 45.7 Å². The van der Waals surface area contributed by atoms with E-state index in [2.05, 4.69) is 33.9 Å². The summed E-state index contributed by atoms with van der Waals surface area (Å²) < 4.78 is 63.1. The molecule has 2 aromatic heterocycles. The zero-order valence-electron chi connectivity index (χ0n) is 37.7. The predicted octanol–water partition coefficient (Wildman–Crippen LogP) is 3.06. The molecule has 18 nitrogen and oxygen atoms in total. The average molecular weight is 914 g/mol. The van der Waals surface area contributed by atoms with Crippen LogP contribution in [0.1, 0.15) is 97.2 Å². The second-order valence-electron chi connectivity index (χ2n) is 19.8. The minimum Gasteiger partial charge on any atom is -0.414 e. The Kier molecular flexibility index (Phi) is 14.1. The summed E-state index contributed by atoms with van der Waals surface area (Å²) in [5, 5.41) is 20.0. The fraction of sp³-hybridized carbons (Fsp3) is 0.750. The number of hydrogen-bond acceptors (Lipinski definition) is 14. The van der Waals surface area contributed by atoms with E-state index in [1.807, 2.05) is 33.9 Å². The summed E-state index contributed by atoms with van der Waals surface area (Å²) in [5.41, 5.74) is 2.96. The molecule has 7 atom stereocenters. The van der Waals surface area contributed by atoms with Gasteiger partial charge in [0.15, 0.2) is 28.5 Å². The van der Waals surface area contributed by atoms with Gasteiger partial charge >= 0.3 is 11.4 Å². The summed E-state index contributed by atoms with van der Waals surface area (Å²) in [6, 6.07) is 0. The van der Waals surface area contributed by atoms with Crippen molar-refractivity contribution in [2.45, 2.75) is 179 Å². The van der Waals surface area contributed by atoms with Crippen molar-refractivity contribution in [3.63, 3.8) is 0 Å². The Balaban J connectivity index is 1.41. The highest BCUT2D eigenvalue weighted by molar-refractivity contribution is 7.90. The van der Waals surface area contributed by atoms with Crippen LogP contribution >= 0.6 is 0 Å². The SMILES string of the molecule is Cc1cn([C@@H]2O[C@H](CO[Si](C)(C)C(C)(C)C)[C@@]3(OS(=O)(=O)C=C3N)[C@H]2O[Si](C)(C)C(C)(C)C)c(=O)n(CCCCCCn2c(=O)c(C)cn([C@H]3C[C@H](O)[C@@H](CO)O3)c2=O)c1=O. The van der Waals surface area contributed by atoms with E-state index in [0.29, 0.717) is 31.2 Å². The highest BCUT2D eigenvalue weighted by atomic mass is 32.2. The third-order valence-electron chi connectivity index (χ3n) is 13.3. The van der Waals surface area contributed by atoms with Crippen LogP contribution in [-0.4, -0.2) is 96.8 Å². The number of unbranched alkanes of at least 4 members (excludes halogenated alkanes) is 3. The first-order chi connectivity index (χ1) is 28.0. The quantitative estimate of drug-likeness (QED) is 0.132. The number of hydrogen-bond donors (Lipinski definition) is 3. The Bertz CT molecular complexity index is 2340. The van der Waals surface area contributed by atoms with Crippen LogP contribution in [0.2, 0.25) is 36.3 Å². The summed E-state index contributed by atoms with van der Waals surface area (Å²) in [5.74, 6) is 0. The van der Waals surface area contributed by atoms with E-state index in [1.165, 1.54) is 21.5 Å². The Morgan fingerprint density at radius 3 is 1.80 bits per heavy atom. The van der Waals surface area contributed by atoms with Crippen molar-refractivity contribution in [2.75, 3.05) is 13.2 Å². The molecular formula is C40H67N5O13SSi2. The minimum atomic E-state index is -4.30. The molecule has 2 saturated heterocycles. The van der Waals surface area contributed by atoms with E-state index >= 15 is 0 Å². The topological polar surface area (TPSA) is 235 Å². The van der Waals surface area contributed by atoms with Gasteiger partial charge in [-0.15, -0.1) is 0 Å². The van der Waals surface area contributed by atoms with Crippen LogP contribution in [0.3, 0.4) is 0 Å². The number of aliphatic hydroxyl groups is 2. The summed E-state index contributed by atoms with van der Waals surface area (Å²) in [4.78, 5) is 54.4. The van der Waals surface area contributed by atoms with Crippen LogP contribution in [0.4, 0.5) is 0 Å². The van der Waals surface area contributed by atoms with Gasteiger partial charge in [-0.2, -0.15) is 8.42 Å². The molecule has 0 amide bonds. The smallest absolute Gasteiger partial charge is 0.333 e. The van der Waals surface area contributed by atoms with Gasteiger partial charge in [0.2, 0.25) is 0 Å². The highest BCUT2D eigenvalue weighted by Gasteiger charge is 2.67. The summed E-state index contributed by atoms with van der Waals surface area (Å²) >= 11 is 0. The number of nitrogens with two attached hydrogens (primary N) is 1. The molecule has 0 aromatic carbocycles. The molecule has 4 N–H and O–H groups in total. The minimum absolute atomic E-state index is 0.0420. The van der Waals surface area contributed by atoms with Crippen molar-refractivity contribution in [1.82, 2.24) is 18.3 Å². The van der Waals surface area contributed by atoms with Crippen molar-refractivity contribution in [2.24, 2.45) is 5.73 Å². The van der Waals surface area contributed by atoms with E-state index < -0.39 is 98.3 Å². The molecule has 2 aromatic rings. The van der Waals surface area contributed by atoms with Crippen LogP contribution in [0.5, 0.6) is 0 Å². The van der Waals surface area contributed by atoms with Crippen molar-refractivity contribution >= 4 is 26.8 Å². The van der Waals surface area contributed by atoms with Crippen molar-refractivity contribution < 1.29 is 41.1 Å². The molecule has 0 unspecified atom stereocenters.